The van der Waals surface area contributed by atoms with Crippen molar-refractivity contribution in [3.8, 4) is 5.75 Å². The summed E-state index contributed by atoms with van der Waals surface area (Å²) in [4.78, 5) is 19.7. The fourth-order valence-electron chi connectivity index (χ4n) is 1.01. The number of non-ortho nitro benzene ring substituents is 1. The normalized spacial score (nSPS) is 10.4. The Morgan fingerprint density at radius 3 is 2.82 bits per heavy atom. The number of benzene rings is 1. The highest BCUT2D eigenvalue weighted by Crippen LogP contribution is 2.22. The van der Waals surface area contributed by atoms with Crippen LogP contribution in [-0.4, -0.2) is 22.6 Å². The molecule has 0 radical (unpaired) electrons. The third-order valence-corrected chi connectivity index (χ3v) is 1.72. The van der Waals surface area contributed by atoms with Crippen molar-refractivity contribution in [2.75, 3.05) is 6.61 Å². The van der Waals surface area contributed by atoms with E-state index in [9.17, 15) is 19.3 Å². The molecule has 1 aromatic carbocycles. The zero-order chi connectivity index (χ0) is 12.8. The van der Waals surface area contributed by atoms with E-state index in [0.29, 0.717) is 0 Å². The van der Waals surface area contributed by atoms with E-state index in [1.165, 1.54) is 6.08 Å². The lowest BCUT2D eigenvalue weighted by atomic mass is 10.3. The Morgan fingerprint density at radius 2 is 2.29 bits per heavy atom. The smallest absolute Gasteiger partial charge is 0.328 e. The van der Waals surface area contributed by atoms with Crippen LogP contribution in [-0.2, 0) is 4.79 Å². The molecule has 7 heteroatoms. The number of hydrogen-bond acceptors (Lipinski definition) is 4. The van der Waals surface area contributed by atoms with Crippen molar-refractivity contribution >= 4 is 11.7 Å². The van der Waals surface area contributed by atoms with E-state index >= 15 is 0 Å². The average molecular weight is 241 g/mol. The van der Waals surface area contributed by atoms with Crippen molar-refractivity contribution in [3.05, 3.63) is 46.3 Å². The van der Waals surface area contributed by atoms with Gasteiger partial charge in [0.05, 0.1) is 11.0 Å². The van der Waals surface area contributed by atoms with Crippen molar-refractivity contribution in [1.29, 1.82) is 0 Å². The number of nitro benzene ring substituents is 1. The monoisotopic (exact) mass is 241 g/mol. The molecule has 0 saturated carbocycles. The molecule has 0 bridgehead atoms. The number of carboxylic acid groups (broad SMARTS) is 1. The topological polar surface area (TPSA) is 89.7 Å². The molecule has 0 saturated heterocycles. The molecule has 90 valence electrons. The summed E-state index contributed by atoms with van der Waals surface area (Å²) in [5, 5.41) is 18.6. The minimum absolute atomic E-state index is 0.138. The number of carbonyl (C=O) groups is 1. The average Bonchev–Trinajstić information content (AvgIpc) is 2.25. The van der Waals surface area contributed by atoms with Crippen LogP contribution in [0, 0.1) is 15.9 Å². The Kier molecular flexibility index (Phi) is 4.15. The summed E-state index contributed by atoms with van der Waals surface area (Å²) in [5.74, 6) is -2.19. The van der Waals surface area contributed by atoms with Gasteiger partial charge >= 0.3 is 5.97 Å². The fourth-order valence-corrected chi connectivity index (χ4v) is 1.01. The van der Waals surface area contributed by atoms with E-state index < -0.39 is 16.7 Å². The number of carboxylic acids is 1. The number of aliphatic carboxylic acids is 1. The first-order valence-corrected chi connectivity index (χ1v) is 4.47. The zero-order valence-corrected chi connectivity index (χ0v) is 8.50. The summed E-state index contributed by atoms with van der Waals surface area (Å²) in [7, 11) is 0. The first-order chi connectivity index (χ1) is 8.00. The van der Waals surface area contributed by atoms with Crippen molar-refractivity contribution in [2.45, 2.75) is 0 Å². The molecule has 1 N–H and O–H groups in total. The van der Waals surface area contributed by atoms with Crippen molar-refractivity contribution in [3.63, 3.8) is 0 Å². The Bertz CT molecular complexity index is 472. The molecule has 0 atom stereocenters. The first kappa shape index (κ1) is 12.6. The highest BCUT2D eigenvalue weighted by molar-refractivity contribution is 5.79. The Hall–Kier alpha value is -2.44. The molecule has 0 spiro atoms. The molecule has 0 aliphatic rings. The third-order valence-electron chi connectivity index (χ3n) is 1.72. The second-order valence-corrected chi connectivity index (χ2v) is 2.92. The molecular formula is C10H8FNO5. The van der Waals surface area contributed by atoms with Gasteiger partial charge in [-0.05, 0) is 12.1 Å². The Balaban J connectivity index is 2.67. The standard InChI is InChI=1S/C10H8FNO5/c11-8-6-7(12(15)16)3-4-9(8)17-5-1-2-10(13)14/h1-4,6H,5H2,(H,13,14). The number of hydrogen-bond donors (Lipinski definition) is 1. The molecule has 1 aromatic rings. The van der Waals surface area contributed by atoms with Gasteiger partial charge in [-0.3, -0.25) is 10.1 Å². The second kappa shape index (κ2) is 5.59. The van der Waals surface area contributed by atoms with Gasteiger partial charge in [0.1, 0.15) is 6.61 Å². The number of halogens is 1. The van der Waals surface area contributed by atoms with Crippen LogP contribution in [0.15, 0.2) is 30.4 Å². The van der Waals surface area contributed by atoms with Gasteiger partial charge in [0.25, 0.3) is 5.69 Å². The van der Waals surface area contributed by atoms with E-state index in [-0.39, 0.29) is 18.0 Å². The zero-order valence-electron chi connectivity index (χ0n) is 8.50. The molecule has 0 amide bonds. The molecule has 0 aliphatic carbocycles. The van der Waals surface area contributed by atoms with Gasteiger partial charge < -0.3 is 9.84 Å². The van der Waals surface area contributed by atoms with E-state index in [2.05, 4.69) is 0 Å². The maximum atomic E-state index is 13.2. The van der Waals surface area contributed by atoms with Gasteiger partial charge in [0.15, 0.2) is 11.6 Å². The molecule has 6 nitrogen and oxygen atoms in total. The molecule has 0 fully saturated rings. The maximum Gasteiger partial charge on any atom is 0.328 e. The highest BCUT2D eigenvalue weighted by atomic mass is 19.1. The van der Waals surface area contributed by atoms with Crippen LogP contribution < -0.4 is 4.74 Å². The van der Waals surface area contributed by atoms with Crippen LogP contribution in [0.1, 0.15) is 0 Å². The summed E-state index contributed by atoms with van der Waals surface area (Å²) in [6.45, 7) is -0.138. The lowest BCUT2D eigenvalue weighted by Crippen LogP contribution is -1.98. The largest absolute Gasteiger partial charge is 0.486 e. The van der Waals surface area contributed by atoms with Crippen LogP contribution in [0.4, 0.5) is 10.1 Å². The molecular weight excluding hydrogens is 233 g/mol. The van der Waals surface area contributed by atoms with Gasteiger partial charge in [0, 0.05) is 12.1 Å². The molecule has 0 aliphatic heterocycles. The molecule has 0 unspecified atom stereocenters. The number of nitrogens with zero attached hydrogens (tertiary/aromatic N) is 1. The number of nitro groups is 1. The summed E-state index contributed by atoms with van der Waals surface area (Å²) in [6.07, 6.45) is 2.03. The third kappa shape index (κ3) is 3.90. The summed E-state index contributed by atoms with van der Waals surface area (Å²) in [5.41, 5.74) is -0.379. The quantitative estimate of drug-likeness (QED) is 0.482. The lowest BCUT2D eigenvalue weighted by molar-refractivity contribution is -0.385. The van der Waals surface area contributed by atoms with Crippen LogP contribution in [0.3, 0.4) is 0 Å². The van der Waals surface area contributed by atoms with E-state index in [1.807, 2.05) is 0 Å². The predicted molar refractivity (Wildman–Crippen MR) is 55.3 cm³/mol. The Morgan fingerprint density at radius 1 is 1.59 bits per heavy atom. The molecule has 17 heavy (non-hydrogen) atoms. The molecule has 1 rings (SSSR count). The van der Waals surface area contributed by atoms with Crippen LogP contribution in [0.5, 0.6) is 5.75 Å². The minimum Gasteiger partial charge on any atom is -0.486 e. The predicted octanol–water partition coefficient (Wildman–Crippen LogP) is 1.75. The highest BCUT2D eigenvalue weighted by Gasteiger charge is 2.10. The summed E-state index contributed by atoms with van der Waals surface area (Å²) < 4.78 is 18.1. The minimum atomic E-state index is -1.14. The fraction of sp³-hybridized carbons (Fsp3) is 0.100. The van der Waals surface area contributed by atoms with Crippen molar-refractivity contribution in [1.82, 2.24) is 0 Å². The van der Waals surface area contributed by atoms with Crippen molar-refractivity contribution in [2.24, 2.45) is 0 Å². The number of ether oxygens (including phenoxy) is 1. The van der Waals surface area contributed by atoms with Gasteiger partial charge in [0.2, 0.25) is 0 Å². The van der Waals surface area contributed by atoms with Gasteiger partial charge in [-0.1, -0.05) is 0 Å². The van der Waals surface area contributed by atoms with Crippen LogP contribution in [0.2, 0.25) is 0 Å². The molecule has 0 heterocycles. The van der Waals surface area contributed by atoms with E-state index in [1.54, 1.807) is 0 Å². The maximum absolute atomic E-state index is 13.2. The molecule has 0 aromatic heterocycles. The summed E-state index contributed by atoms with van der Waals surface area (Å²) >= 11 is 0. The van der Waals surface area contributed by atoms with Crippen LogP contribution >= 0.6 is 0 Å². The Labute approximate surface area is 95.1 Å². The van der Waals surface area contributed by atoms with Gasteiger partial charge in [-0.2, -0.15) is 0 Å². The number of rotatable bonds is 5. The lowest BCUT2D eigenvalue weighted by Gasteiger charge is -2.03. The summed E-state index contributed by atoms with van der Waals surface area (Å²) in [6, 6.07) is 2.94. The van der Waals surface area contributed by atoms with E-state index in [4.69, 9.17) is 9.84 Å². The van der Waals surface area contributed by atoms with Gasteiger partial charge in [-0.25, -0.2) is 9.18 Å². The first-order valence-electron chi connectivity index (χ1n) is 4.47. The SMILES string of the molecule is O=C(O)C=CCOc1ccc([N+](=O)[O-])cc1F. The van der Waals surface area contributed by atoms with Crippen molar-refractivity contribution < 1.29 is 24.0 Å². The van der Waals surface area contributed by atoms with E-state index in [0.717, 1.165) is 24.3 Å². The van der Waals surface area contributed by atoms with Crippen LogP contribution in [0.25, 0.3) is 0 Å². The second-order valence-electron chi connectivity index (χ2n) is 2.92. The van der Waals surface area contributed by atoms with Gasteiger partial charge in [-0.15, -0.1) is 0 Å².